The maximum Gasteiger partial charge on any atom is 0.265 e. The first-order chi connectivity index (χ1) is 9.45. The van der Waals surface area contributed by atoms with Crippen LogP contribution in [0.3, 0.4) is 0 Å². The summed E-state index contributed by atoms with van der Waals surface area (Å²) in [5, 5.41) is 3.96. The third-order valence-electron chi connectivity index (χ3n) is 4.02. The van der Waals surface area contributed by atoms with Gasteiger partial charge < -0.3 is 10.2 Å². The highest BCUT2D eigenvalue weighted by atomic mass is 32.1. The van der Waals surface area contributed by atoms with Crippen molar-refractivity contribution in [3.63, 3.8) is 0 Å². The van der Waals surface area contributed by atoms with Crippen LogP contribution in [0, 0.1) is 12.8 Å². The van der Waals surface area contributed by atoms with Gasteiger partial charge in [0.05, 0.1) is 16.7 Å². The third kappa shape index (κ3) is 2.22. The standard InChI is InChI=1S/C14H19N3O2S/c1-7(2)13-15-8(3)12(20-13)14(19)17-5-9-4-11(18)16-10(9)6-17/h7,9-10H,4-6H2,1-3H3,(H,16,18)/t9-,10+/m0/s1. The molecule has 0 unspecified atom stereocenters. The number of nitrogens with zero attached hydrogens (tertiary/aromatic N) is 2. The molecule has 5 nitrogen and oxygen atoms in total. The zero-order chi connectivity index (χ0) is 14.4. The molecule has 2 aliphatic heterocycles. The average molecular weight is 293 g/mol. The van der Waals surface area contributed by atoms with E-state index in [0.29, 0.717) is 25.4 Å². The molecule has 3 heterocycles. The molecule has 2 atom stereocenters. The second kappa shape index (κ2) is 4.84. The Kier molecular flexibility index (Phi) is 3.28. The average Bonchev–Trinajstić information content (AvgIpc) is 3.00. The number of aryl methyl sites for hydroxylation is 1. The van der Waals surface area contributed by atoms with Crippen molar-refractivity contribution in [1.82, 2.24) is 15.2 Å². The first-order valence-corrected chi connectivity index (χ1v) is 7.83. The summed E-state index contributed by atoms with van der Waals surface area (Å²) in [5.74, 6) is 0.806. The molecule has 1 N–H and O–H groups in total. The van der Waals surface area contributed by atoms with E-state index in [0.717, 1.165) is 15.6 Å². The fourth-order valence-electron chi connectivity index (χ4n) is 2.92. The highest BCUT2D eigenvalue weighted by Gasteiger charge is 2.42. The third-order valence-corrected chi connectivity index (χ3v) is 5.47. The number of aromatic nitrogens is 1. The van der Waals surface area contributed by atoms with E-state index in [4.69, 9.17) is 0 Å². The molecule has 1 aromatic heterocycles. The highest BCUT2D eigenvalue weighted by molar-refractivity contribution is 7.13. The van der Waals surface area contributed by atoms with Crippen molar-refractivity contribution < 1.29 is 9.59 Å². The van der Waals surface area contributed by atoms with Crippen LogP contribution in [0.2, 0.25) is 0 Å². The minimum absolute atomic E-state index is 0.0653. The number of carbonyl (C=O) groups is 2. The van der Waals surface area contributed by atoms with Crippen molar-refractivity contribution in [3.8, 4) is 0 Å². The Labute approximate surface area is 122 Å². The van der Waals surface area contributed by atoms with E-state index in [2.05, 4.69) is 24.1 Å². The lowest BCUT2D eigenvalue weighted by Crippen LogP contribution is -2.35. The van der Waals surface area contributed by atoms with Gasteiger partial charge in [-0.2, -0.15) is 0 Å². The molecule has 2 fully saturated rings. The summed E-state index contributed by atoms with van der Waals surface area (Å²) >= 11 is 1.50. The van der Waals surface area contributed by atoms with Gasteiger partial charge in [-0.1, -0.05) is 13.8 Å². The number of hydrogen-bond donors (Lipinski definition) is 1. The lowest BCUT2D eigenvalue weighted by Gasteiger charge is -2.16. The SMILES string of the molecule is Cc1nc(C(C)C)sc1C(=O)N1C[C@@H]2CC(=O)N[C@@H]2C1. The molecule has 0 saturated carbocycles. The number of carbonyl (C=O) groups excluding carboxylic acids is 2. The minimum atomic E-state index is 0.0653. The van der Waals surface area contributed by atoms with E-state index in [1.165, 1.54) is 11.3 Å². The van der Waals surface area contributed by atoms with Gasteiger partial charge in [0.15, 0.2) is 0 Å². The molecular formula is C14H19N3O2S. The van der Waals surface area contributed by atoms with Crippen molar-refractivity contribution in [3.05, 3.63) is 15.6 Å². The van der Waals surface area contributed by atoms with E-state index in [-0.39, 0.29) is 23.8 Å². The van der Waals surface area contributed by atoms with E-state index in [1.54, 1.807) is 0 Å². The van der Waals surface area contributed by atoms with E-state index in [1.807, 2.05) is 11.8 Å². The molecule has 2 amide bonds. The van der Waals surface area contributed by atoms with Crippen molar-refractivity contribution in [2.24, 2.45) is 5.92 Å². The summed E-state index contributed by atoms with van der Waals surface area (Å²) < 4.78 is 0. The monoisotopic (exact) mass is 293 g/mol. The number of hydrogen-bond acceptors (Lipinski definition) is 4. The van der Waals surface area contributed by atoms with Crippen LogP contribution in [-0.2, 0) is 4.79 Å². The molecule has 2 saturated heterocycles. The van der Waals surface area contributed by atoms with Crippen LogP contribution in [0.5, 0.6) is 0 Å². The van der Waals surface area contributed by atoms with Gasteiger partial charge in [-0.05, 0) is 6.92 Å². The number of fused-ring (bicyclic) bond motifs is 1. The number of likely N-dealkylation sites (tertiary alicyclic amines) is 1. The van der Waals surface area contributed by atoms with Crippen molar-refractivity contribution in [2.75, 3.05) is 13.1 Å². The predicted molar refractivity (Wildman–Crippen MR) is 76.9 cm³/mol. The smallest absolute Gasteiger partial charge is 0.265 e. The first-order valence-electron chi connectivity index (χ1n) is 7.01. The minimum Gasteiger partial charge on any atom is -0.351 e. The van der Waals surface area contributed by atoms with Gasteiger partial charge in [0.25, 0.3) is 5.91 Å². The summed E-state index contributed by atoms with van der Waals surface area (Å²) in [4.78, 5) is 31.0. The van der Waals surface area contributed by atoms with Crippen molar-refractivity contribution >= 4 is 23.2 Å². The van der Waals surface area contributed by atoms with Gasteiger partial charge >= 0.3 is 0 Å². The molecule has 2 aliphatic rings. The van der Waals surface area contributed by atoms with E-state index < -0.39 is 0 Å². The molecule has 0 bridgehead atoms. The van der Waals surface area contributed by atoms with Crippen molar-refractivity contribution in [1.29, 1.82) is 0 Å². The Morgan fingerprint density at radius 2 is 2.20 bits per heavy atom. The molecule has 20 heavy (non-hydrogen) atoms. The molecule has 6 heteroatoms. The molecule has 0 spiro atoms. The summed E-state index contributed by atoms with van der Waals surface area (Å²) in [6, 6.07) is 0.143. The molecule has 3 rings (SSSR count). The summed E-state index contributed by atoms with van der Waals surface area (Å²) in [6.45, 7) is 7.37. The van der Waals surface area contributed by atoms with Crippen LogP contribution in [0.15, 0.2) is 0 Å². The van der Waals surface area contributed by atoms with Gasteiger partial charge in [-0.25, -0.2) is 4.98 Å². The Hall–Kier alpha value is -1.43. The first kappa shape index (κ1) is 13.5. The Bertz CT molecular complexity index is 551. The lowest BCUT2D eigenvalue weighted by molar-refractivity contribution is -0.119. The zero-order valence-electron chi connectivity index (χ0n) is 12.0. The van der Waals surface area contributed by atoms with Gasteiger partial charge in [-0.15, -0.1) is 11.3 Å². The maximum absolute atomic E-state index is 12.6. The van der Waals surface area contributed by atoms with Crippen LogP contribution in [0.25, 0.3) is 0 Å². The summed E-state index contributed by atoms with van der Waals surface area (Å²) in [6.07, 6.45) is 0.549. The fraction of sp³-hybridized carbons (Fsp3) is 0.643. The van der Waals surface area contributed by atoms with E-state index >= 15 is 0 Å². The molecule has 0 aliphatic carbocycles. The van der Waals surface area contributed by atoms with Crippen LogP contribution in [-0.4, -0.2) is 40.8 Å². The normalized spacial score (nSPS) is 25.2. The van der Waals surface area contributed by atoms with Crippen LogP contribution in [0.4, 0.5) is 0 Å². The van der Waals surface area contributed by atoms with Gasteiger partial charge in [-0.3, -0.25) is 9.59 Å². The predicted octanol–water partition coefficient (Wildman–Crippen LogP) is 1.54. The molecular weight excluding hydrogens is 274 g/mol. The highest BCUT2D eigenvalue weighted by Crippen LogP contribution is 2.30. The van der Waals surface area contributed by atoms with Gasteiger partial charge in [0, 0.05) is 31.3 Å². The largest absolute Gasteiger partial charge is 0.351 e. The summed E-state index contributed by atoms with van der Waals surface area (Å²) in [7, 11) is 0. The molecule has 108 valence electrons. The number of thiazole rings is 1. The zero-order valence-corrected chi connectivity index (χ0v) is 12.8. The van der Waals surface area contributed by atoms with Gasteiger partial charge in [0.1, 0.15) is 4.88 Å². The molecule has 0 radical (unpaired) electrons. The maximum atomic E-state index is 12.6. The van der Waals surface area contributed by atoms with Crippen LogP contribution >= 0.6 is 11.3 Å². The lowest BCUT2D eigenvalue weighted by atomic mass is 10.1. The Morgan fingerprint density at radius 3 is 2.80 bits per heavy atom. The van der Waals surface area contributed by atoms with E-state index in [9.17, 15) is 9.59 Å². The van der Waals surface area contributed by atoms with Crippen molar-refractivity contribution in [2.45, 2.75) is 39.2 Å². The molecule has 0 aromatic carbocycles. The number of rotatable bonds is 2. The fourth-order valence-corrected chi connectivity index (χ4v) is 3.95. The molecule has 1 aromatic rings. The Balaban J connectivity index is 1.76. The number of nitrogens with one attached hydrogen (secondary N) is 1. The number of amides is 2. The second-order valence-corrected chi connectivity index (χ2v) is 7.00. The van der Waals surface area contributed by atoms with Gasteiger partial charge in [0.2, 0.25) is 5.91 Å². The van der Waals surface area contributed by atoms with Crippen LogP contribution < -0.4 is 5.32 Å². The van der Waals surface area contributed by atoms with Crippen LogP contribution in [0.1, 0.15) is 46.6 Å². The second-order valence-electron chi connectivity index (χ2n) is 5.97. The quantitative estimate of drug-likeness (QED) is 0.899. The topological polar surface area (TPSA) is 62.3 Å². The summed E-state index contributed by atoms with van der Waals surface area (Å²) in [5.41, 5.74) is 0.824. The Morgan fingerprint density at radius 1 is 1.45 bits per heavy atom.